The number of guanidine groups is 1. The maximum absolute atomic E-state index is 13.7. The number of carboxylic acid groups (broad SMARTS) is 1. The van der Waals surface area contributed by atoms with Gasteiger partial charge in [-0.15, -0.1) is 0 Å². The molecule has 8 nitrogen and oxygen atoms in total. The van der Waals surface area contributed by atoms with Gasteiger partial charge in [-0.25, -0.2) is 9.89 Å². The van der Waals surface area contributed by atoms with Crippen molar-refractivity contribution in [2.24, 2.45) is 4.99 Å². The quantitative estimate of drug-likeness (QED) is 0.148. The Morgan fingerprint density at radius 2 is 1.73 bits per heavy atom. The van der Waals surface area contributed by atoms with Crippen LogP contribution in [-0.2, 0) is 30.5 Å². The molecular weight excluding hydrogens is 525 g/mol. The zero-order valence-electron chi connectivity index (χ0n) is 22.2. The molecule has 0 heterocycles. The molecule has 0 fully saturated rings. The molecule has 3 aromatic carbocycles. The summed E-state index contributed by atoms with van der Waals surface area (Å²) in [7, 11) is 2.97. The Labute approximate surface area is 230 Å². The van der Waals surface area contributed by atoms with Crippen LogP contribution < -0.4 is 14.8 Å². The normalized spacial score (nSPS) is 11.5. The highest BCUT2D eigenvalue weighted by atomic mass is 19.4. The average molecular weight is 555 g/mol. The van der Waals surface area contributed by atoms with Crippen molar-refractivity contribution in [3.05, 3.63) is 82.9 Å². The van der Waals surface area contributed by atoms with E-state index >= 15 is 0 Å². The van der Waals surface area contributed by atoms with Crippen LogP contribution in [0.15, 0.2) is 65.7 Å². The first kappa shape index (κ1) is 29.8. The van der Waals surface area contributed by atoms with Crippen molar-refractivity contribution in [1.29, 1.82) is 5.26 Å². The van der Waals surface area contributed by atoms with Crippen LogP contribution in [0, 0.1) is 11.5 Å². The van der Waals surface area contributed by atoms with Crippen LogP contribution in [0.3, 0.4) is 0 Å². The minimum Gasteiger partial charge on any atom is -0.497 e. The van der Waals surface area contributed by atoms with Gasteiger partial charge in [0, 0.05) is 12.1 Å². The van der Waals surface area contributed by atoms with Gasteiger partial charge < -0.3 is 19.9 Å². The second-order valence-electron chi connectivity index (χ2n) is 8.68. The first-order valence-electron chi connectivity index (χ1n) is 12.3. The molecule has 0 unspecified atom stereocenters. The summed E-state index contributed by atoms with van der Waals surface area (Å²) in [6.07, 6.45) is -2.87. The number of hydrogen-bond donors (Lipinski definition) is 2. The lowest BCUT2D eigenvalue weighted by molar-refractivity contribution is -0.138. The molecule has 40 heavy (non-hydrogen) atoms. The van der Waals surface area contributed by atoms with Crippen LogP contribution in [0.1, 0.15) is 29.2 Å². The van der Waals surface area contributed by atoms with Crippen LogP contribution >= 0.6 is 0 Å². The smallest absolute Gasteiger partial charge is 0.416 e. The number of methoxy groups -OCH3 is 2. The molecule has 2 N–H and O–H groups in total. The van der Waals surface area contributed by atoms with Gasteiger partial charge in [0.05, 0.1) is 39.3 Å². The highest BCUT2D eigenvalue weighted by Crippen LogP contribution is 2.38. The molecule has 0 aliphatic rings. The number of nitrogens with zero attached hydrogens (tertiary/aromatic N) is 3. The van der Waals surface area contributed by atoms with Crippen LogP contribution in [0.25, 0.3) is 11.1 Å². The lowest BCUT2D eigenvalue weighted by Gasteiger charge is -2.22. The van der Waals surface area contributed by atoms with E-state index in [0.29, 0.717) is 34.7 Å². The number of aliphatic carboxylic acids is 1. The molecule has 0 amide bonds. The standard InChI is InChI=1S/C29H29F3N4O4/c1-4-34-28(35-16-19-5-9-23(39-2)10-6-19)36(18-33)17-21-15-22(29(30,31)32)8-11-24(21)25-13-20(14-27(37)38)7-12-26(25)40-3/h5-13,15H,4,14,16-17H2,1-3H3,(H,34,35)(H,37,38). The van der Waals surface area contributed by atoms with Crippen molar-refractivity contribution in [1.82, 2.24) is 10.2 Å². The molecule has 3 aromatic rings. The molecule has 0 saturated carbocycles. The number of nitrogens with one attached hydrogen (secondary N) is 1. The summed E-state index contributed by atoms with van der Waals surface area (Å²) < 4.78 is 51.7. The number of nitriles is 1. The predicted octanol–water partition coefficient (Wildman–Crippen LogP) is 5.47. The summed E-state index contributed by atoms with van der Waals surface area (Å²) in [6.45, 7) is 2.20. The van der Waals surface area contributed by atoms with Gasteiger partial charge in [0.2, 0.25) is 5.96 Å². The number of alkyl halides is 3. The molecule has 0 aliphatic carbocycles. The van der Waals surface area contributed by atoms with Crippen molar-refractivity contribution >= 4 is 11.9 Å². The molecule has 3 rings (SSSR count). The van der Waals surface area contributed by atoms with Gasteiger partial charge in [0.1, 0.15) is 11.5 Å². The molecule has 11 heteroatoms. The number of carbonyl (C=O) groups is 1. The number of carboxylic acids is 1. The minimum atomic E-state index is -4.62. The molecule has 0 radical (unpaired) electrons. The predicted molar refractivity (Wildman–Crippen MR) is 144 cm³/mol. The molecule has 0 saturated heterocycles. The van der Waals surface area contributed by atoms with Gasteiger partial charge in [-0.1, -0.05) is 24.3 Å². The summed E-state index contributed by atoms with van der Waals surface area (Å²) in [5, 5.41) is 22.3. The van der Waals surface area contributed by atoms with Crippen molar-refractivity contribution in [3.8, 4) is 28.8 Å². The van der Waals surface area contributed by atoms with Gasteiger partial charge in [-0.05, 0) is 65.6 Å². The van der Waals surface area contributed by atoms with E-state index in [4.69, 9.17) is 9.47 Å². The maximum atomic E-state index is 13.7. The number of hydrogen-bond acceptors (Lipinski definition) is 5. The van der Waals surface area contributed by atoms with Crippen LogP contribution in [-0.4, -0.2) is 42.7 Å². The summed E-state index contributed by atoms with van der Waals surface area (Å²) in [5.41, 5.74) is 1.35. The van der Waals surface area contributed by atoms with E-state index in [9.17, 15) is 28.3 Å². The first-order chi connectivity index (χ1) is 19.1. The molecule has 0 bridgehead atoms. The molecule has 0 spiro atoms. The summed E-state index contributed by atoms with van der Waals surface area (Å²) in [5.74, 6) is 0.162. The van der Waals surface area contributed by atoms with E-state index < -0.39 is 17.7 Å². The Kier molecular flexibility index (Phi) is 9.97. The molecule has 0 aliphatic heterocycles. The lowest BCUT2D eigenvalue weighted by atomic mass is 9.94. The highest BCUT2D eigenvalue weighted by molar-refractivity contribution is 5.82. The second-order valence-corrected chi connectivity index (χ2v) is 8.68. The SMILES string of the molecule is CCNC(=NCc1ccc(OC)cc1)N(C#N)Cc1cc(C(F)(F)F)ccc1-c1cc(CC(=O)O)ccc1OC. The monoisotopic (exact) mass is 554 g/mol. The zero-order chi connectivity index (χ0) is 29.3. The number of ether oxygens (including phenoxy) is 2. The summed E-state index contributed by atoms with van der Waals surface area (Å²) >= 11 is 0. The van der Waals surface area contributed by atoms with Gasteiger partial charge in [-0.3, -0.25) is 4.79 Å². The first-order valence-corrected chi connectivity index (χ1v) is 12.3. The van der Waals surface area contributed by atoms with Crippen LogP contribution in [0.5, 0.6) is 11.5 Å². The fourth-order valence-electron chi connectivity index (χ4n) is 4.03. The lowest BCUT2D eigenvalue weighted by Crippen LogP contribution is -2.38. The second kappa shape index (κ2) is 13.4. The van der Waals surface area contributed by atoms with E-state index in [0.717, 1.165) is 17.7 Å². The van der Waals surface area contributed by atoms with Crippen LogP contribution in [0.2, 0.25) is 0 Å². The third-order valence-corrected chi connectivity index (χ3v) is 5.95. The summed E-state index contributed by atoms with van der Waals surface area (Å²) in [4.78, 5) is 17.0. The maximum Gasteiger partial charge on any atom is 0.416 e. The van der Waals surface area contributed by atoms with Gasteiger partial charge >= 0.3 is 12.1 Å². The van der Waals surface area contributed by atoms with Crippen molar-refractivity contribution < 1.29 is 32.5 Å². The molecule has 210 valence electrons. The Morgan fingerprint density at radius 3 is 2.30 bits per heavy atom. The Hall–Kier alpha value is -4.72. The molecular formula is C29H29F3N4O4. The largest absolute Gasteiger partial charge is 0.497 e. The Morgan fingerprint density at radius 1 is 1.02 bits per heavy atom. The van der Waals surface area contributed by atoms with Gasteiger partial charge in [0.25, 0.3) is 0 Å². The highest BCUT2D eigenvalue weighted by Gasteiger charge is 2.31. The summed E-state index contributed by atoms with van der Waals surface area (Å²) in [6, 6.07) is 15.2. The third-order valence-electron chi connectivity index (χ3n) is 5.95. The molecule has 0 aromatic heterocycles. The van der Waals surface area contributed by atoms with Gasteiger partial charge in [-0.2, -0.15) is 18.4 Å². The third kappa shape index (κ3) is 7.66. The van der Waals surface area contributed by atoms with E-state index in [1.165, 1.54) is 18.1 Å². The Balaban J connectivity index is 2.07. The Bertz CT molecular complexity index is 1400. The topological polar surface area (TPSA) is 107 Å². The van der Waals surface area contributed by atoms with E-state index in [1.807, 2.05) is 25.2 Å². The fourth-order valence-corrected chi connectivity index (χ4v) is 4.03. The van der Waals surface area contributed by atoms with Gasteiger partial charge in [0.15, 0.2) is 6.19 Å². The van der Waals surface area contributed by atoms with E-state index in [1.54, 1.807) is 37.4 Å². The zero-order valence-corrected chi connectivity index (χ0v) is 22.2. The minimum absolute atomic E-state index is 0.178. The van der Waals surface area contributed by atoms with Crippen molar-refractivity contribution in [2.75, 3.05) is 20.8 Å². The average Bonchev–Trinajstić information content (AvgIpc) is 2.93. The number of aliphatic imine (C=N–C) groups is 1. The van der Waals surface area contributed by atoms with Crippen molar-refractivity contribution in [2.45, 2.75) is 32.6 Å². The molecule has 0 atom stereocenters. The fraction of sp³-hybridized carbons (Fsp3) is 0.276. The van der Waals surface area contributed by atoms with E-state index in [2.05, 4.69) is 10.3 Å². The number of halogens is 3. The van der Waals surface area contributed by atoms with Crippen LogP contribution in [0.4, 0.5) is 13.2 Å². The number of rotatable bonds is 10. The van der Waals surface area contributed by atoms with E-state index in [-0.39, 0.29) is 31.0 Å². The van der Waals surface area contributed by atoms with Crippen molar-refractivity contribution in [3.63, 3.8) is 0 Å². The number of benzene rings is 3.